The summed E-state index contributed by atoms with van der Waals surface area (Å²) < 4.78 is 12.8. The molecule has 3 atom stereocenters. The van der Waals surface area contributed by atoms with Gasteiger partial charge in [0.2, 0.25) is 0 Å². The minimum atomic E-state index is -0.425. The lowest BCUT2D eigenvalue weighted by Gasteiger charge is -2.38. The molecule has 9 heteroatoms. The topological polar surface area (TPSA) is 89.7 Å². The Hall–Kier alpha value is -2.55. The quantitative estimate of drug-likeness (QED) is 0.516. The molecule has 32 heavy (non-hydrogen) atoms. The average molecular weight is 473 g/mol. The van der Waals surface area contributed by atoms with E-state index in [1.807, 2.05) is 42.5 Å². The van der Waals surface area contributed by atoms with Crippen LogP contribution in [-0.4, -0.2) is 47.2 Å². The lowest BCUT2D eigenvalue weighted by molar-refractivity contribution is 0.1000. The number of nitrogens with zero attached hydrogens (tertiary/aromatic N) is 2. The summed E-state index contributed by atoms with van der Waals surface area (Å²) in [5.74, 6) is 1.51. The van der Waals surface area contributed by atoms with Crippen molar-refractivity contribution in [2.45, 2.75) is 43.8 Å². The highest BCUT2D eigenvalue weighted by atomic mass is 35.5. The van der Waals surface area contributed by atoms with Gasteiger partial charge in [0.15, 0.2) is 0 Å². The van der Waals surface area contributed by atoms with Crippen LogP contribution in [-0.2, 0) is 0 Å². The Labute approximate surface area is 195 Å². The highest BCUT2D eigenvalue weighted by Gasteiger charge is 2.40. The number of amides is 2. The molecule has 2 aromatic carbocycles. The maximum Gasteiger partial charge on any atom is 0.312 e. The fourth-order valence-corrected chi connectivity index (χ4v) is 6.00. The molecule has 1 unspecified atom stereocenters. The number of aromatic nitrogens is 1. The van der Waals surface area contributed by atoms with Crippen LogP contribution in [0.3, 0.4) is 0 Å². The van der Waals surface area contributed by atoms with E-state index in [1.165, 1.54) is 24.2 Å². The zero-order chi connectivity index (χ0) is 22.1. The summed E-state index contributed by atoms with van der Waals surface area (Å²) >= 11 is 7.65. The third kappa shape index (κ3) is 4.62. The predicted octanol–water partition coefficient (Wildman–Crippen LogP) is 4.78. The Morgan fingerprint density at radius 3 is 2.56 bits per heavy atom. The number of nitrogens with two attached hydrogens (primary N) is 1. The number of piperidine rings is 1. The highest BCUT2D eigenvalue weighted by Crippen LogP contribution is 2.36. The Bertz CT molecular complexity index is 1090. The summed E-state index contributed by atoms with van der Waals surface area (Å²) in [6.07, 6.45) is 4.26. The third-order valence-corrected chi connectivity index (χ3v) is 7.63. The van der Waals surface area contributed by atoms with Gasteiger partial charge in [0.25, 0.3) is 5.19 Å². The fraction of sp³-hybridized carbons (Fsp3) is 0.391. The van der Waals surface area contributed by atoms with Crippen molar-refractivity contribution in [2.75, 3.05) is 13.2 Å². The smallest absolute Gasteiger partial charge is 0.312 e. The normalized spacial score (nSPS) is 22.7. The predicted molar refractivity (Wildman–Crippen MR) is 126 cm³/mol. The van der Waals surface area contributed by atoms with Gasteiger partial charge in [-0.25, -0.2) is 9.78 Å². The molecule has 2 bridgehead atoms. The minimum Gasteiger partial charge on any atom is -0.492 e. The Balaban J connectivity index is 1.12. The molecule has 0 radical (unpaired) electrons. The van der Waals surface area contributed by atoms with Crippen LogP contribution in [0.5, 0.6) is 16.7 Å². The van der Waals surface area contributed by atoms with E-state index in [4.69, 9.17) is 26.8 Å². The summed E-state index contributed by atoms with van der Waals surface area (Å²) in [4.78, 5) is 18.2. The summed E-state index contributed by atoms with van der Waals surface area (Å²) in [6.45, 7) is 1.50. The van der Waals surface area contributed by atoms with Crippen LogP contribution >= 0.6 is 22.9 Å². The van der Waals surface area contributed by atoms with E-state index in [1.54, 1.807) is 0 Å². The third-order valence-electron chi connectivity index (χ3n) is 6.23. The van der Waals surface area contributed by atoms with Crippen molar-refractivity contribution in [2.24, 2.45) is 5.73 Å². The van der Waals surface area contributed by atoms with Crippen molar-refractivity contribution in [3.05, 3.63) is 47.5 Å². The van der Waals surface area contributed by atoms with Gasteiger partial charge in [0.05, 0.1) is 15.2 Å². The van der Waals surface area contributed by atoms with E-state index in [0.717, 1.165) is 35.4 Å². The number of urea groups is 1. The number of hydrogen-bond acceptors (Lipinski definition) is 6. The van der Waals surface area contributed by atoms with Gasteiger partial charge in [-0.05, 0) is 62.1 Å². The first-order valence-electron chi connectivity index (χ1n) is 10.8. The molecule has 168 valence electrons. The van der Waals surface area contributed by atoms with Gasteiger partial charge in [-0.15, -0.1) is 0 Å². The van der Waals surface area contributed by atoms with Crippen LogP contribution in [0.15, 0.2) is 42.5 Å². The first kappa shape index (κ1) is 21.3. The molecule has 2 saturated heterocycles. The van der Waals surface area contributed by atoms with Gasteiger partial charge >= 0.3 is 6.03 Å². The first-order valence-corrected chi connectivity index (χ1v) is 12.0. The SMILES string of the molecule is NC(=O)NC1C[C@H]2CC[C@@H](C1)N2CCOc1ccc(Oc2nc3cccc(Cl)c3s2)cc1. The Kier molecular flexibility index (Phi) is 6.08. The highest BCUT2D eigenvalue weighted by molar-refractivity contribution is 7.20. The summed E-state index contributed by atoms with van der Waals surface area (Å²) in [5, 5.41) is 4.12. The molecule has 0 spiro atoms. The molecule has 0 aliphatic carbocycles. The van der Waals surface area contributed by atoms with Crippen LogP contribution in [0.4, 0.5) is 4.79 Å². The molecule has 2 fully saturated rings. The number of carbonyl (C=O) groups excluding carboxylic acids is 1. The van der Waals surface area contributed by atoms with Gasteiger partial charge in [-0.1, -0.05) is 29.0 Å². The fourth-order valence-electron chi connectivity index (χ4n) is 4.87. The van der Waals surface area contributed by atoms with Crippen molar-refractivity contribution in [3.8, 4) is 16.7 Å². The van der Waals surface area contributed by atoms with Crippen LogP contribution in [0.25, 0.3) is 10.2 Å². The largest absolute Gasteiger partial charge is 0.492 e. The first-order chi connectivity index (χ1) is 15.5. The van der Waals surface area contributed by atoms with Gasteiger partial charge in [0.1, 0.15) is 18.1 Å². The summed E-state index contributed by atoms with van der Waals surface area (Å²) in [5.41, 5.74) is 6.12. The van der Waals surface area contributed by atoms with Crippen LogP contribution in [0, 0.1) is 0 Å². The molecule has 3 heterocycles. The van der Waals surface area contributed by atoms with Crippen molar-refractivity contribution in [3.63, 3.8) is 0 Å². The van der Waals surface area contributed by atoms with Crippen LogP contribution < -0.4 is 20.5 Å². The number of fused-ring (bicyclic) bond motifs is 3. The van der Waals surface area contributed by atoms with Crippen LogP contribution in [0.2, 0.25) is 5.02 Å². The number of nitrogens with one attached hydrogen (secondary N) is 1. The number of carbonyl (C=O) groups is 1. The minimum absolute atomic E-state index is 0.196. The summed E-state index contributed by atoms with van der Waals surface area (Å²) in [7, 11) is 0. The van der Waals surface area contributed by atoms with Crippen molar-refractivity contribution in [1.29, 1.82) is 0 Å². The zero-order valence-electron chi connectivity index (χ0n) is 17.5. The second kappa shape index (κ2) is 9.13. The standard InChI is InChI=1S/C23H25ClN4O3S/c24-19-2-1-3-20-21(19)32-23(27-20)31-18-8-6-17(7-9-18)30-11-10-28-15-4-5-16(28)13-14(12-15)26-22(25)29/h1-3,6-9,14-16H,4-5,10-13H2,(H3,25,26,29)/t14?,15-,16+. The molecule has 2 aliphatic heterocycles. The molecular weight excluding hydrogens is 448 g/mol. The molecule has 3 aromatic rings. The van der Waals surface area contributed by atoms with Crippen molar-refractivity contribution < 1.29 is 14.3 Å². The lowest BCUT2D eigenvalue weighted by atomic mass is 9.97. The van der Waals surface area contributed by atoms with Gasteiger partial charge < -0.3 is 20.5 Å². The number of benzene rings is 2. The van der Waals surface area contributed by atoms with Gasteiger partial charge in [0, 0.05) is 24.7 Å². The molecule has 7 nitrogen and oxygen atoms in total. The zero-order valence-corrected chi connectivity index (χ0v) is 19.1. The summed E-state index contributed by atoms with van der Waals surface area (Å²) in [6, 6.07) is 14.0. The van der Waals surface area contributed by atoms with E-state index >= 15 is 0 Å². The maximum absolute atomic E-state index is 11.2. The molecule has 3 N–H and O–H groups in total. The number of hydrogen-bond donors (Lipinski definition) is 2. The van der Waals surface area contributed by atoms with Crippen LogP contribution in [0.1, 0.15) is 25.7 Å². The second-order valence-electron chi connectivity index (χ2n) is 8.29. The average Bonchev–Trinajstić information content (AvgIpc) is 3.27. The maximum atomic E-state index is 11.2. The monoisotopic (exact) mass is 472 g/mol. The van der Waals surface area contributed by atoms with Crippen molar-refractivity contribution in [1.82, 2.24) is 15.2 Å². The number of halogens is 1. The number of thiazole rings is 1. The molecule has 2 amide bonds. The Morgan fingerprint density at radius 2 is 1.88 bits per heavy atom. The number of ether oxygens (including phenoxy) is 2. The van der Waals surface area contributed by atoms with E-state index in [0.29, 0.717) is 34.7 Å². The second-order valence-corrected chi connectivity index (χ2v) is 9.66. The lowest BCUT2D eigenvalue weighted by Crippen LogP contribution is -2.52. The van der Waals surface area contributed by atoms with E-state index in [9.17, 15) is 4.79 Å². The van der Waals surface area contributed by atoms with Gasteiger partial charge in [-0.3, -0.25) is 4.90 Å². The van der Waals surface area contributed by atoms with E-state index in [2.05, 4.69) is 15.2 Å². The number of primary amides is 1. The molecule has 0 saturated carbocycles. The molecule has 1 aromatic heterocycles. The molecule has 5 rings (SSSR count). The van der Waals surface area contributed by atoms with E-state index < -0.39 is 6.03 Å². The molecular formula is C23H25ClN4O3S. The van der Waals surface area contributed by atoms with Gasteiger partial charge in [-0.2, -0.15) is 0 Å². The molecule has 2 aliphatic rings. The Morgan fingerprint density at radius 1 is 1.16 bits per heavy atom. The van der Waals surface area contributed by atoms with Crippen molar-refractivity contribution >= 4 is 39.2 Å². The van der Waals surface area contributed by atoms with E-state index in [-0.39, 0.29) is 6.04 Å². The number of rotatable bonds is 7.